The number of carbonyl (C=O) groups is 3. The monoisotopic (exact) mass is 385 g/mol. The van der Waals surface area contributed by atoms with Crippen LogP contribution in [0.1, 0.15) is 29.8 Å². The minimum absolute atomic E-state index is 0.111. The summed E-state index contributed by atoms with van der Waals surface area (Å²) in [5.41, 5.74) is 2.20. The average Bonchev–Trinajstić information content (AvgIpc) is 2.70. The topological polar surface area (TPSA) is 90.9 Å². The van der Waals surface area contributed by atoms with Gasteiger partial charge in [-0.3, -0.25) is 9.59 Å². The Hall–Kier alpha value is -3.35. The maximum absolute atomic E-state index is 11.9. The second-order valence-electron chi connectivity index (χ2n) is 5.97. The first kappa shape index (κ1) is 21.0. The van der Waals surface area contributed by atoms with E-state index in [9.17, 15) is 14.4 Å². The maximum Gasteiger partial charge on any atom is 0.344 e. The molecule has 0 aliphatic carbocycles. The first-order valence-electron chi connectivity index (χ1n) is 8.79. The molecule has 7 heteroatoms. The highest BCUT2D eigenvalue weighted by Gasteiger charge is 2.12. The van der Waals surface area contributed by atoms with Gasteiger partial charge in [0.2, 0.25) is 0 Å². The van der Waals surface area contributed by atoms with E-state index in [0.717, 1.165) is 12.0 Å². The van der Waals surface area contributed by atoms with Gasteiger partial charge in [-0.05, 0) is 49.2 Å². The van der Waals surface area contributed by atoms with Gasteiger partial charge < -0.3 is 19.5 Å². The molecule has 0 aliphatic rings. The van der Waals surface area contributed by atoms with Crippen LogP contribution in [0.2, 0.25) is 0 Å². The molecular formula is C21H23NO6. The summed E-state index contributed by atoms with van der Waals surface area (Å²) in [5, 5.41) is 2.67. The van der Waals surface area contributed by atoms with Crippen molar-refractivity contribution in [2.75, 3.05) is 25.6 Å². The van der Waals surface area contributed by atoms with Crippen molar-refractivity contribution in [1.82, 2.24) is 0 Å². The lowest BCUT2D eigenvalue weighted by Crippen LogP contribution is -2.23. The van der Waals surface area contributed by atoms with E-state index in [1.807, 2.05) is 25.1 Å². The van der Waals surface area contributed by atoms with Crippen molar-refractivity contribution in [1.29, 1.82) is 0 Å². The van der Waals surface area contributed by atoms with Gasteiger partial charge in [-0.25, -0.2) is 4.79 Å². The number of benzene rings is 2. The van der Waals surface area contributed by atoms with Crippen LogP contribution >= 0.6 is 0 Å². The van der Waals surface area contributed by atoms with Crippen molar-refractivity contribution in [2.24, 2.45) is 0 Å². The Morgan fingerprint density at radius 1 is 1.00 bits per heavy atom. The molecule has 2 rings (SSSR count). The number of aryl methyl sites for hydroxylation is 1. The van der Waals surface area contributed by atoms with E-state index in [-0.39, 0.29) is 5.78 Å². The van der Waals surface area contributed by atoms with E-state index >= 15 is 0 Å². The summed E-state index contributed by atoms with van der Waals surface area (Å²) >= 11 is 0. The van der Waals surface area contributed by atoms with Gasteiger partial charge in [0.25, 0.3) is 5.91 Å². The third-order valence-corrected chi connectivity index (χ3v) is 3.90. The van der Waals surface area contributed by atoms with Gasteiger partial charge in [0.1, 0.15) is 0 Å². The van der Waals surface area contributed by atoms with E-state index in [1.165, 1.54) is 26.2 Å². The number of ether oxygens (including phenoxy) is 3. The molecule has 0 spiro atoms. The molecule has 0 aliphatic heterocycles. The molecule has 0 atom stereocenters. The van der Waals surface area contributed by atoms with Crippen molar-refractivity contribution in [3.8, 4) is 11.5 Å². The van der Waals surface area contributed by atoms with Crippen LogP contribution in [0.15, 0.2) is 42.5 Å². The number of nitrogens with one attached hydrogen (secondary N) is 1. The highest BCUT2D eigenvalue weighted by molar-refractivity contribution is 5.95. The van der Waals surface area contributed by atoms with Crippen LogP contribution in [0.3, 0.4) is 0 Å². The molecule has 0 unspecified atom stereocenters. The molecule has 0 heterocycles. The predicted octanol–water partition coefficient (Wildman–Crippen LogP) is 3.02. The van der Waals surface area contributed by atoms with Crippen LogP contribution < -0.4 is 14.8 Å². The Kier molecular flexibility index (Phi) is 7.56. The fourth-order valence-electron chi connectivity index (χ4n) is 2.40. The third-order valence-electron chi connectivity index (χ3n) is 3.90. The van der Waals surface area contributed by atoms with E-state index < -0.39 is 25.1 Å². The number of hydrogen-bond acceptors (Lipinski definition) is 6. The highest BCUT2D eigenvalue weighted by atomic mass is 16.6. The van der Waals surface area contributed by atoms with Crippen molar-refractivity contribution < 1.29 is 28.6 Å². The number of amides is 1. The summed E-state index contributed by atoms with van der Waals surface area (Å²) in [6.07, 6.45) is 0.854. The van der Waals surface area contributed by atoms with Gasteiger partial charge in [-0.15, -0.1) is 0 Å². The maximum atomic E-state index is 11.9. The Balaban J connectivity index is 1.82. The van der Waals surface area contributed by atoms with Gasteiger partial charge in [0.15, 0.2) is 30.5 Å². The molecule has 28 heavy (non-hydrogen) atoms. The third kappa shape index (κ3) is 6.12. The number of hydrogen-bond donors (Lipinski definition) is 1. The zero-order valence-electron chi connectivity index (χ0n) is 16.1. The Labute approximate surface area is 163 Å². The fraction of sp³-hybridized carbons (Fsp3) is 0.286. The van der Waals surface area contributed by atoms with Gasteiger partial charge in [-0.2, -0.15) is 0 Å². The lowest BCUT2D eigenvalue weighted by atomic mass is 10.1. The number of esters is 1. The summed E-state index contributed by atoms with van der Waals surface area (Å²) in [6, 6.07) is 12.1. The van der Waals surface area contributed by atoms with E-state index in [2.05, 4.69) is 5.32 Å². The standard InChI is InChI=1S/C21H23NO6/c1-4-15-6-5-7-17(10-15)22-20(24)12-28-21(25)13-27-18-9-8-16(14(2)23)11-19(18)26-3/h5-11H,4,12-13H2,1-3H3,(H,22,24). The first-order chi connectivity index (χ1) is 13.4. The second-order valence-corrected chi connectivity index (χ2v) is 5.97. The SMILES string of the molecule is CCc1cccc(NC(=O)COC(=O)COc2ccc(C(C)=O)cc2OC)c1. The minimum atomic E-state index is -0.699. The predicted molar refractivity (Wildman–Crippen MR) is 104 cm³/mol. The number of anilines is 1. The molecule has 0 aromatic heterocycles. The highest BCUT2D eigenvalue weighted by Crippen LogP contribution is 2.28. The van der Waals surface area contributed by atoms with Crippen LogP contribution in [-0.2, 0) is 20.7 Å². The Morgan fingerprint density at radius 3 is 2.46 bits per heavy atom. The molecule has 7 nitrogen and oxygen atoms in total. The van der Waals surface area contributed by atoms with E-state index in [4.69, 9.17) is 14.2 Å². The zero-order chi connectivity index (χ0) is 20.5. The molecule has 148 valence electrons. The van der Waals surface area contributed by atoms with Crippen molar-refractivity contribution in [3.05, 3.63) is 53.6 Å². The zero-order valence-corrected chi connectivity index (χ0v) is 16.1. The normalized spacial score (nSPS) is 10.1. The minimum Gasteiger partial charge on any atom is -0.493 e. The summed E-state index contributed by atoms with van der Waals surface area (Å²) in [4.78, 5) is 35.1. The van der Waals surface area contributed by atoms with Gasteiger partial charge >= 0.3 is 5.97 Å². The van der Waals surface area contributed by atoms with Crippen molar-refractivity contribution in [3.63, 3.8) is 0 Å². The molecule has 2 aromatic carbocycles. The van der Waals surface area contributed by atoms with E-state index in [0.29, 0.717) is 22.7 Å². The van der Waals surface area contributed by atoms with Crippen LogP contribution in [0.25, 0.3) is 0 Å². The molecule has 0 bridgehead atoms. The molecule has 0 saturated carbocycles. The summed E-state index contributed by atoms with van der Waals surface area (Å²) in [7, 11) is 1.43. The molecule has 0 fully saturated rings. The number of carbonyl (C=O) groups excluding carboxylic acids is 3. The quantitative estimate of drug-likeness (QED) is 0.527. The molecule has 1 N–H and O–H groups in total. The first-order valence-corrected chi connectivity index (χ1v) is 8.79. The molecule has 0 saturated heterocycles. The van der Waals surface area contributed by atoms with Crippen molar-refractivity contribution >= 4 is 23.3 Å². The van der Waals surface area contributed by atoms with Gasteiger partial charge in [0, 0.05) is 11.3 Å². The molecular weight excluding hydrogens is 362 g/mol. The molecule has 0 radical (unpaired) electrons. The van der Waals surface area contributed by atoms with Crippen LogP contribution in [0.4, 0.5) is 5.69 Å². The van der Waals surface area contributed by atoms with Crippen LogP contribution in [0, 0.1) is 0 Å². The largest absolute Gasteiger partial charge is 0.493 e. The summed E-state index contributed by atoms with van der Waals surface area (Å²) in [6.45, 7) is 2.65. The van der Waals surface area contributed by atoms with Crippen LogP contribution in [-0.4, -0.2) is 38.0 Å². The number of ketones is 1. The summed E-state index contributed by atoms with van der Waals surface area (Å²) < 4.78 is 15.4. The smallest absolute Gasteiger partial charge is 0.344 e. The molecule has 2 aromatic rings. The number of Topliss-reactive ketones (excluding diaryl/α,β-unsaturated/α-hetero) is 1. The van der Waals surface area contributed by atoms with Gasteiger partial charge in [0.05, 0.1) is 7.11 Å². The van der Waals surface area contributed by atoms with Gasteiger partial charge in [-0.1, -0.05) is 19.1 Å². The Bertz CT molecular complexity index is 862. The Morgan fingerprint density at radius 2 is 1.79 bits per heavy atom. The lowest BCUT2D eigenvalue weighted by Gasteiger charge is -2.11. The van der Waals surface area contributed by atoms with Crippen molar-refractivity contribution in [2.45, 2.75) is 20.3 Å². The number of rotatable bonds is 9. The second kappa shape index (κ2) is 10.1. The summed E-state index contributed by atoms with van der Waals surface area (Å²) in [5.74, 6) is -0.626. The van der Waals surface area contributed by atoms with E-state index in [1.54, 1.807) is 12.1 Å². The fourth-order valence-corrected chi connectivity index (χ4v) is 2.40. The average molecular weight is 385 g/mol. The molecule has 1 amide bonds. The lowest BCUT2D eigenvalue weighted by molar-refractivity contribution is -0.149. The van der Waals surface area contributed by atoms with Crippen LogP contribution in [0.5, 0.6) is 11.5 Å². The number of methoxy groups -OCH3 is 1.